The van der Waals surface area contributed by atoms with Crippen LogP contribution in [-0.4, -0.2) is 31.4 Å². The van der Waals surface area contributed by atoms with Crippen LogP contribution in [0.5, 0.6) is 0 Å². The van der Waals surface area contributed by atoms with Gasteiger partial charge in [-0.05, 0) is 18.9 Å². The molecule has 0 aliphatic heterocycles. The molecule has 0 aliphatic rings. The molecule has 0 spiro atoms. The number of nitrogens with zero attached hydrogens (tertiary/aromatic N) is 2. The molecule has 0 radical (unpaired) electrons. The normalized spacial score (nSPS) is 13.1. The molecule has 1 aromatic carbocycles. The van der Waals surface area contributed by atoms with Gasteiger partial charge in [-0.15, -0.1) is 0 Å². The number of aliphatic imine (C=N–C) groups is 1. The van der Waals surface area contributed by atoms with Gasteiger partial charge in [0.2, 0.25) is 0 Å². The molecule has 0 amide bonds. The molecule has 2 heteroatoms. The van der Waals surface area contributed by atoms with Crippen molar-refractivity contribution < 1.29 is 0 Å². The Balaban J connectivity index is 2.45. The van der Waals surface area contributed by atoms with Crippen LogP contribution in [0.1, 0.15) is 12.5 Å². The van der Waals surface area contributed by atoms with Gasteiger partial charge >= 0.3 is 0 Å². The Morgan fingerprint density at radius 3 is 2.50 bits per heavy atom. The minimum Gasteiger partial charge on any atom is -0.369 e. The fourth-order valence-corrected chi connectivity index (χ4v) is 1.26. The predicted octanol–water partition coefficient (Wildman–Crippen LogP) is 2.21. The molecule has 1 aromatic rings. The Labute approximate surface area is 86.3 Å². The van der Waals surface area contributed by atoms with Crippen molar-refractivity contribution >= 4 is 6.34 Å². The van der Waals surface area contributed by atoms with E-state index in [2.05, 4.69) is 36.2 Å². The van der Waals surface area contributed by atoms with Gasteiger partial charge in [-0.3, -0.25) is 4.99 Å². The molecule has 0 saturated carbocycles. The van der Waals surface area contributed by atoms with Crippen LogP contribution in [0.4, 0.5) is 0 Å². The molecule has 1 atom stereocenters. The fourth-order valence-electron chi connectivity index (χ4n) is 1.26. The first-order chi connectivity index (χ1) is 6.68. The third-order valence-electron chi connectivity index (χ3n) is 1.93. The van der Waals surface area contributed by atoms with E-state index in [1.807, 2.05) is 31.4 Å². The molecule has 0 N–H and O–H groups in total. The van der Waals surface area contributed by atoms with E-state index in [4.69, 9.17) is 0 Å². The zero-order valence-electron chi connectivity index (χ0n) is 9.14. The van der Waals surface area contributed by atoms with Gasteiger partial charge in [-0.2, -0.15) is 0 Å². The highest BCUT2D eigenvalue weighted by Gasteiger charge is 1.99. The maximum atomic E-state index is 4.42. The maximum Gasteiger partial charge on any atom is 0.0848 e. The second-order valence-corrected chi connectivity index (χ2v) is 3.77. The van der Waals surface area contributed by atoms with Crippen molar-refractivity contribution in [2.45, 2.75) is 19.4 Å². The monoisotopic (exact) mass is 190 g/mol. The summed E-state index contributed by atoms with van der Waals surface area (Å²) in [5.74, 6) is 0. The molecule has 0 fully saturated rings. The minimum absolute atomic E-state index is 0.347. The van der Waals surface area contributed by atoms with Crippen molar-refractivity contribution in [3.05, 3.63) is 35.9 Å². The predicted molar refractivity (Wildman–Crippen MR) is 61.8 cm³/mol. The lowest BCUT2D eigenvalue weighted by Crippen LogP contribution is -2.11. The number of rotatable bonds is 4. The Bertz CT molecular complexity index is 278. The van der Waals surface area contributed by atoms with Gasteiger partial charge in [-0.25, -0.2) is 0 Å². The van der Waals surface area contributed by atoms with Crippen molar-refractivity contribution in [1.82, 2.24) is 4.90 Å². The summed E-state index contributed by atoms with van der Waals surface area (Å²) in [5, 5.41) is 0. The maximum absolute atomic E-state index is 4.42. The van der Waals surface area contributed by atoms with Crippen LogP contribution in [0.15, 0.2) is 35.3 Å². The second kappa shape index (κ2) is 5.43. The number of benzene rings is 1. The lowest BCUT2D eigenvalue weighted by atomic mass is 10.1. The third-order valence-corrected chi connectivity index (χ3v) is 1.93. The summed E-state index contributed by atoms with van der Waals surface area (Å²) in [7, 11) is 3.97. The Hall–Kier alpha value is -1.31. The minimum atomic E-state index is 0.347. The number of hydrogen-bond donors (Lipinski definition) is 0. The van der Waals surface area contributed by atoms with Crippen LogP contribution in [-0.2, 0) is 6.42 Å². The SMILES string of the molecule is C[C@@H](Cc1ccccc1)N=CN(C)C. The highest BCUT2D eigenvalue weighted by molar-refractivity contribution is 5.54. The topological polar surface area (TPSA) is 15.6 Å². The van der Waals surface area contributed by atoms with Crippen LogP contribution in [0.3, 0.4) is 0 Å². The molecule has 1 rings (SSSR count). The zero-order chi connectivity index (χ0) is 10.4. The molecule has 14 heavy (non-hydrogen) atoms. The zero-order valence-corrected chi connectivity index (χ0v) is 9.14. The van der Waals surface area contributed by atoms with Crippen LogP contribution >= 0.6 is 0 Å². The molecule has 2 nitrogen and oxygen atoms in total. The summed E-state index contributed by atoms with van der Waals surface area (Å²) < 4.78 is 0. The summed E-state index contributed by atoms with van der Waals surface area (Å²) in [4.78, 5) is 6.38. The largest absolute Gasteiger partial charge is 0.369 e. The first kappa shape index (κ1) is 10.8. The van der Waals surface area contributed by atoms with Crippen molar-refractivity contribution in [1.29, 1.82) is 0 Å². The van der Waals surface area contributed by atoms with E-state index < -0.39 is 0 Å². The van der Waals surface area contributed by atoms with E-state index in [0.29, 0.717) is 6.04 Å². The molecule has 0 aliphatic carbocycles. The Kier molecular flexibility index (Phi) is 4.17. The van der Waals surface area contributed by atoms with Crippen LogP contribution in [0.2, 0.25) is 0 Å². The summed E-state index contributed by atoms with van der Waals surface area (Å²) in [6.45, 7) is 2.13. The van der Waals surface area contributed by atoms with Crippen molar-refractivity contribution in [3.63, 3.8) is 0 Å². The Morgan fingerprint density at radius 2 is 1.93 bits per heavy atom. The molecular formula is C12H18N2. The third kappa shape index (κ3) is 4.08. The molecule has 0 bridgehead atoms. The van der Waals surface area contributed by atoms with E-state index >= 15 is 0 Å². The summed E-state index contributed by atoms with van der Waals surface area (Å²) in [5.41, 5.74) is 1.34. The van der Waals surface area contributed by atoms with Gasteiger partial charge in [0, 0.05) is 14.1 Å². The van der Waals surface area contributed by atoms with E-state index in [1.54, 1.807) is 0 Å². The molecule has 0 heterocycles. The van der Waals surface area contributed by atoms with Gasteiger partial charge in [0.25, 0.3) is 0 Å². The van der Waals surface area contributed by atoms with Crippen LogP contribution in [0.25, 0.3) is 0 Å². The molecule has 76 valence electrons. The lowest BCUT2D eigenvalue weighted by molar-refractivity contribution is 0.625. The molecule has 0 aromatic heterocycles. The molecular weight excluding hydrogens is 172 g/mol. The van der Waals surface area contributed by atoms with Crippen molar-refractivity contribution in [2.75, 3.05) is 14.1 Å². The van der Waals surface area contributed by atoms with Gasteiger partial charge in [0.1, 0.15) is 0 Å². The van der Waals surface area contributed by atoms with E-state index in [9.17, 15) is 0 Å². The van der Waals surface area contributed by atoms with Gasteiger partial charge < -0.3 is 4.90 Å². The highest BCUT2D eigenvalue weighted by Crippen LogP contribution is 2.04. The molecule has 0 unspecified atom stereocenters. The quantitative estimate of drug-likeness (QED) is 0.525. The fraction of sp³-hybridized carbons (Fsp3) is 0.417. The second-order valence-electron chi connectivity index (χ2n) is 3.77. The summed E-state index contributed by atoms with van der Waals surface area (Å²) in [6, 6.07) is 10.8. The Morgan fingerprint density at radius 1 is 1.29 bits per heavy atom. The standard InChI is InChI=1S/C12H18N2/c1-11(13-10-14(2)3)9-12-7-5-4-6-8-12/h4-8,10-11H,9H2,1-3H3/t11-/m0/s1. The first-order valence-electron chi connectivity index (χ1n) is 4.92. The van der Waals surface area contributed by atoms with E-state index in [1.165, 1.54) is 5.56 Å². The van der Waals surface area contributed by atoms with Gasteiger partial charge in [0.05, 0.1) is 12.4 Å². The van der Waals surface area contributed by atoms with Crippen molar-refractivity contribution in [3.8, 4) is 0 Å². The van der Waals surface area contributed by atoms with Crippen molar-refractivity contribution in [2.24, 2.45) is 4.99 Å². The smallest absolute Gasteiger partial charge is 0.0848 e. The van der Waals surface area contributed by atoms with Crippen LogP contribution < -0.4 is 0 Å². The number of hydrogen-bond acceptors (Lipinski definition) is 1. The van der Waals surface area contributed by atoms with Gasteiger partial charge in [0.15, 0.2) is 0 Å². The summed E-state index contributed by atoms with van der Waals surface area (Å²) >= 11 is 0. The van der Waals surface area contributed by atoms with Gasteiger partial charge in [-0.1, -0.05) is 30.3 Å². The lowest BCUT2D eigenvalue weighted by Gasteiger charge is -2.08. The van der Waals surface area contributed by atoms with E-state index in [0.717, 1.165) is 6.42 Å². The van der Waals surface area contributed by atoms with E-state index in [-0.39, 0.29) is 0 Å². The average molecular weight is 190 g/mol. The van der Waals surface area contributed by atoms with Crippen LogP contribution in [0, 0.1) is 0 Å². The highest BCUT2D eigenvalue weighted by atomic mass is 15.1. The molecule has 0 saturated heterocycles. The average Bonchev–Trinajstić information content (AvgIpc) is 2.16. The summed E-state index contributed by atoms with van der Waals surface area (Å²) in [6.07, 6.45) is 2.87. The first-order valence-corrected chi connectivity index (χ1v) is 4.92.